The highest BCUT2D eigenvalue weighted by atomic mass is 32.2. The minimum Gasteiger partial charge on any atom is -0.316 e. The molecule has 0 aliphatic rings. The number of hydrogen-bond acceptors (Lipinski definition) is 2. The van der Waals surface area contributed by atoms with Crippen molar-refractivity contribution in [3.63, 3.8) is 0 Å². The van der Waals surface area contributed by atoms with E-state index in [0.717, 1.165) is 5.92 Å². The van der Waals surface area contributed by atoms with Crippen molar-refractivity contribution in [2.45, 2.75) is 33.6 Å². The van der Waals surface area contributed by atoms with Crippen molar-refractivity contribution in [2.24, 2.45) is 5.92 Å². The van der Waals surface area contributed by atoms with Gasteiger partial charge in [-0.05, 0) is 31.1 Å². The van der Waals surface area contributed by atoms with Crippen LogP contribution in [0.25, 0.3) is 0 Å². The molecule has 0 aromatic rings. The fourth-order valence-corrected chi connectivity index (χ4v) is 1.69. The summed E-state index contributed by atoms with van der Waals surface area (Å²) in [6.07, 6.45) is 2.61. The lowest BCUT2D eigenvalue weighted by Crippen LogP contribution is -2.19. The third kappa shape index (κ3) is 10.3. The van der Waals surface area contributed by atoms with Crippen molar-refractivity contribution in [3.8, 4) is 0 Å². The van der Waals surface area contributed by atoms with E-state index in [1.165, 1.54) is 37.4 Å². The number of thioether (sulfide) groups is 1. The molecule has 0 rings (SSSR count). The molecular formula is C10H23NS. The molecule has 2 heteroatoms. The van der Waals surface area contributed by atoms with Crippen LogP contribution in [0.3, 0.4) is 0 Å². The first-order valence-electron chi connectivity index (χ1n) is 5.05. The summed E-state index contributed by atoms with van der Waals surface area (Å²) in [5.74, 6) is 3.42. The second-order valence-corrected chi connectivity index (χ2v) is 4.77. The molecule has 0 fully saturated rings. The first-order chi connectivity index (χ1) is 5.77. The highest BCUT2D eigenvalue weighted by Crippen LogP contribution is 2.00. The minimum absolute atomic E-state index is 0.834. The average Bonchev–Trinajstić information content (AvgIpc) is 2.02. The topological polar surface area (TPSA) is 12.0 Å². The zero-order valence-electron chi connectivity index (χ0n) is 8.73. The lowest BCUT2D eigenvalue weighted by atomic mass is 10.1. The molecule has 0 heterocycles. The molecule has 0 saturated heterocycles. The Morgan fingerprint density at radius 3 is 2.50 bits per heavy atom. The Balaban J connectivity index is 2.82. The zero-order valence-corrected chi connectivity index (χ0v) is 9.54. The Bertz CT molecular complexity index is 83.9. The van der Waals surface area contributed by atoms with E-state index in [9.17, 15) is 0 Å². The molecule has 0 atom stereocenters. The molecule has 1 N–H and O–H groups in total. The third-order valence-electron chi connectivity index (χ3n) is 1.67. The standard InChI is InChI=1S/C10H23NS/c1-4-8-12-9-7-11-6-5-10(2)3/h10-11H,4-9H2,1-3H3. The normalized spacial score (nSPS) is 11.0. The van der Waals surface area contributed by atoms with Crippen molar-refractivity contribution in [3.05, 3.63) is 0 Å². The Kier molecular flexibility index (Phi) is 9.64. The van der Waals surface area contributed by atoms with Crippen LogP contribution in [0.2, 0.25) is 0 Å². The van der Waals surface area contributed by atoms with Crippen LogP contribution >= 0.6 is 11.8 Å². The van der Waals surface area contributed by atoms with E-state index in [4.69, 9.17) is 0 Å². The van der Waals surface area contributed by atoms with Crippen LogP contribution < -0.4 is 5.32 Å². The maximum atomic E-state index is 3.45. The van der Waals surface area contributed by atoms with E-state index in [-0.39, 0.29) is 0 Å². The SMILES string of the molecule is CCCSCCNCCC(C)C. The highest BCUT2D eigenvalue weighted by molar-refractivity contribution is 7.99. The summed E-state index contributed by atoms with van der Waals surface area (Å²) in [5.41, 5.74) is 0. The molecule has 0 aromatic heterocycles. The molecule has 12 heavy (non-hydrogen) atoms. The van der Waals surface area contributed by atoms with E-state index >= 15 is 0 Å². The van der Waals surface area contributed by atoms with Gasteiger partial charge in [-0.25, -0.2) is 0 Å². The summed E-state index contributed by atoms with van der Waals surface area (Å²) in [6, 6.07) is 0. The second kappa shape index (κ2) is 9.40. The van der Waals surface area contributed by atoms with Gasteiger partial charge in [0.1, 0.15) is 0 Å². The molecule has 0 aliphatic carbocycles. The second-order valence-electron chi connectivity index (χ2n) is 3.54. The van der Waals surface area contributed by atoms with Gasteiger partial charge in [-0.15, -0.1) is 0 Å². The van der Waals surface area contributed by atoms with Gasteiger partial charge in [-0.1, -0.05) is 20.8 Å². The quantitative estimate of drug-likeness (QED) is 0.589. The lowest BCUT2D eigenvalue weighted by molar-refractivity contribution is 0.547. The van der Waals surface area contributed by atoms with Crippen LogP contribution in [0.4, 0.5) is 0 Å². The van der Waals surface area contributed by atoms with E-state index in [1.54, 1.807) is 0 Å². The number of nitrogens with one attached hydrogen (secondary N) is 1. The highest BCUT2D eigenvalue weighted by Gasteiger charge is 1.92. The van der Waals surface area contributed by atoms with Crippen LogP contribution in [0.1, 0.15) is 33.6 Å². The van der Waals surface area contributed by atoms with Gasteiger partial charge in [0.05, 0.1) is 0 Å². The number of rotatable bonds is 8. The third-order valence-corrected chi connectivity index (χ3v) is 2.86. The van der Waals surface area contributed by atoms with Gasteiger partial charge in [0.2, 0.25) is 0 Å². The van der Waals surface area contributed by atoms with Crippen LogP contribution in [0, 0.1) is 5.92 Å². The summed E-state index contributed by atoms with van der Waals surface area (Å²) in [4.78, 5) is 0. The summed E-state index contributed by atoms with van der Waals surface area (Å²) in [5, 5.41) is 3.45. The van der Waals surface area contributed by atoms with Gasteiger partial charge in [-0.2, -0.15) is 11.8 Å². The van der Waals surface area contributed by atoms with E-state index in [2.05, 4.69) is 26.1 Å². The molecule has 0 bridgehead atoms. The van der Waals surface area contributed by atoms with Gasteiger partial charge in [0, 0.05) is 12.3 Å². The summed E-state index contributed by atoms with van der Waals surface area (Å²) in [6.45, 7) is 9.14. The predicted molar refractivity (Wildman–Crippen MR) is 59.9 cm³/mol. The van der Waals surface area contributed by atoms with Crippen LogP contribution in [-0.4, -0.2) is 24.6 Å². The Hall–Kier alpha value is 0.310. The molecule has 0 aromatic carbocycles. The Morgan fingerprint density at radius 1 is 1.17 bits per heavy atom. The average molecular weight is 189 g/mol. The summed E-state index contributed by atoms with van der Waals surface area (Å²) in [7, 11) is 0. The molecule has 0 unspecified atom stereocenters. The molecule has 74 valence electrons. The van der Waals surface area contributed by atoms with Crippen LogP contribution in [0.15, 0.2) is 0 Å². The maximum absolute atomic E-state index is 3.45. The fraction of sp³-hybridized carbons (Fsp3) is 1.00. The molecule has 0 saturated carbocycles. The van der Waals surface area contributed by atoms with Gasteiger partial charge >= 0.3 is 0 Å². The molecular weight excluding hydrogens is 166 g/mol. The largest absolute Gasteiger partial charge is 0.316 e. The van der Waals surface area contributed by atoms with Gasteiger partial charge in [0.15, 0.2) is 0 Å². The van der Waals surface area contributed by atoms with Crippen LogP contribution in [0.5, 0.6) is 0 Å². The molecule has 0 amide bonds. The molecule has 0 aliphatic heterocycles. The molecule has 0 spiro atoms. The molecule has 0 radical (unpaired) electrons. The Labute approximate surface area is 81.7 Å². The summed E-state index contributed by atoms with van der Waals surface area (Å²) >= 11 is 2.05. The van der Waals surface area contributed by atoms with E-state index in [0.29, 0.717) is 0 Å². The fourth-order valence-electron chi connectivity index (χ4n) is 0.906. The van der Waals surface area contributed by atoms with E-state index < -0.39 is 0 Å². The zero-order chi connectivity index (χ0) is 9.23. The number of hydrogen-bond donors (Lipinski definition) is 1. The van der Waals surface area contributed by atoms with Crippen molar-refractivity contribution < 1.29 is 0 Å². The van der Waals surface area contributed by atoms with Gasteiger partial charge < -0.3 is 5.32 Å². The van der Waals surface area contributed by atoms with Crippen molar-refractivity contribution in [2.75, 3.05) is 24.6 Å². The Morgan fingerprint density at radius 2 is 1.92 bits per heavy atom. The first kappa shape index (κ1) is 12.3. The van der Waals surface area contributed by atoms with Gasteiger partial charge in [0.25, 0.3) is 0 Å². The minimum atomic E-state index is 0.834. The lowest BCUT2D eigenvalue weighted by Gasteiger charge is -2.06. The monoisotopic (exact) mass is 189 g/mol. The van der Waals surface area contributed by atoms with Crippen LogP contribution in [-0.2, 0) is 0 Å². The first-order valence-corrected chi connectivity index (χ1v) is 6.21. The summed E-state index contributed by atoms with van der Waals surface area (Å²) < 4.78 is 0. The van der Waals surface area contributed by atoms with Crippen molar-refractivity contribution in [1.29, 1.82) is 0 Å². The van der Waals surface area contributed by atoms with Crippen molar-refractivity contribution in [1.82, 2.24) is 5.32 Å². The smallest absolute Gasteiger partial charge is 0.00580 e. The molecule has 1 nitrogen and oxygen atoms in total. The van der Waals surface area contributed by atoms with Gasteiger partial charge in [-0.3, -0.25) is 0 Å². The van der Waals surface area contributed by atoms with Crippen molar-refractivity contribution >= 4 is 11.8 Å². The maximum Gasteiger partial charge on any atom is 0.00580 e. The predicted octanol–water partition coefficient (Wildman–Crippen LogP) is 2.77. The van der Waals surface area contributed by atoms with E-state index in [1.807, 2.05) is 11.8 Å².